The van der Waals surface area contributed by atoms with E-state index >= 15 is 0 Å². The highest BCUT2D eigenvalue weighted by molar-refractivity contribution is 5.53. The molecule has 4 heteroatoms. The van der Waals surface area contributed by atoms with Crippen molar-refractivity contribution in [1.82, 2.24) is 0 Å². The van der Waals surface area contributed by atoms with Crippen LogP contribution >= 0.6 is 0 Å². The van der Waals surface area contributed by atoms with Gasteiger partial charge in [-0.2, -0.15) is 0 Å². The fraction of sp³-hybridized carbons (Fsp3) is 0.520. The summed E-state index contributed by atoms with van der Waals surface area (Å²) in [5.74, 6) is 1.41. The number of hydrogen-bond donors (Lipinski definition) is 2. The first kappa shape index (κ1) is 23.2. The maximum absolute atomic E-state index is 9.93. The van der Waals surface area contributed by atoms with Gasteiger partial charge >= 0.3 is 0 Å². The minimum atomic E-state index is -0.0822. The third-order valence-corrected chi connectivity index (χ3v) is 5.35. The smallest absolute Gasteiger partial charge is 0.127 e. The van der Waals surface area contributed by atoms with E-state index in [0.29, 0.717) is 17.9 Å². The van der Waals surface area contributed by atoms with Crippen molar-refractivity contribution in [2.45, 2.75) is 72.0 Å². The van der Waals surface area contributed by atoms with E-state index in [-0.39, 0.29) is 24.0 Å². The average Bonchev–Trinajstić information content (AvgIpc) is 2.64. The third-order valence-electron chi connectivity index (χ3n) is 5.35. The summed E-state index contributed by atoms with van der Waals surface area (Å²) < 4.78 is 11.4. The zero-order valence-corrected chi connectivity index (χ0v) is 19.1. The van der Waals surface area contributed by atoms with Crippen LogP contribution in [-0.4, -0.2) is 24.4 Å². The maximum Gasteiger partial charge on any atom is 0.127 e. The Labute approximate surface area is 175 Å². The lowest BCUT2D eigenvalue weighted by atomic mass is 9.82. The molecule has 0 amide bonds. The molecule has 0 heterocycles. The van der Waals surface area contributed by atoms with Gasteiger partial charge < -0.3 is 19.7 Å². The molecular weight excluding hydrogens is 364 g/mol. The lowest BCUT2D eigenvalue weighted by Crippen LogP contribution is -2.15. The number of benzene rings is 2. The van der Waals surface area contributed by atoms with Gasteiger partial charge in [-0.3, -0.25) is 0 Å². The van der Waals surface area contributed by atoms with Gasteiger partial charge in [-0.05, 0) is 45.2 Å². The van der Waals surface area contributed by atoms with Gasteiger partial charge in [0.15, 0.2) is 0 Å². The number of hydrogen-bond acceptors (Lipinski definition) is 4. The predicted molar refractivity (Wildman–Crippen MR) is 118 cm³/mol. The molecule has 4 nitrogen and oxygen atoms in total. The lowest BCUT2D eigenvalue weighted by molar-refractivity contribution is 0.272. The molecule has 0 fully saturated rings. The highest BCUT2D eigenvalue weighted by Gasteiger charge is 2.23. The van der Waals surface area contributed by atoms with Gasteiger partial charge in [-0.25, -0.2) is 0 Å². The van der Waals surface area contributed by atoms with Crippen molar-refractivity contribution >= 4 is 0 Å². The van der Waals surface area contributed by atoms with Gasteiger partial charge in [0, 0.05) is 17.5 Å². The Morgan fingerprint density at radius 2 is 0.931 bits per heavy atom. The Morgan fingerprint density at radius 3 is 1.17 bits per heavy atom. The van der Waals surface area contributed by atoms with E-state index in [9.17, 15) is 10.2 Å². The van der Waals surface area contributed by atoms with E-state index in [1.807, 2.05) is 12.1 Å². The molecule has 0 aliphatic carbocycles. The second kappa shape index (κ2) is 8.76. The highest BCUT2D eigenvalue weighted by atomic mass is 16.5. The van der Waals surface area contributed by atoms with Gasteiger partial charge in [0.1, 0.15) is 11.5 Å². The summed E-state index contributed by atoms with van der Waals surface area (Å²) in [6, 6.07) is 8.34. The van der Waals surface area contributed by atoms with Crippen molar-refractivity contribution in [3.8, 4) is 11.5 Å². The summed E-state index contributed by atoms with van der Waals surface area (Å²) in [4.78, 5) is 0. The first-order valence-corrected chi connectivity index (χ1v) is 10.1. The molecule has 29 heavy (non-hydrogen) atoms. The molecule has 2 aromatic rings. The molecule has 0 radical (unpaired) electrons. The standard InChI is InChI=1S/C25H36O4/c1-24(2,3)20-10-16(22(28-7)18(12-20)14-26)9-17-11-21(25(4,5)6)13-19(15-27)23(17)29-8/h10-13,26-27H,9,14-15H2,1-8H3. The van der Waals surface area contributed by atoms with Gasteiger partial charge in [0.2, 0.25) is 0 Å². The van der Waals surface area contributed by atoms with Gasteiger partial charge in [-0.15, -0.1) is 0 Å². The van der Waals surface area contributed by atoms with Crippen LogP contribution < -0.4 is 9.47 Å². The molecule has 0 aromatic heterocycles. The van der Waals surface area contributed by atoms with Crippen LogP contribution in [0.1, 0.15) is 74.9 Å². The molecule has 0 saturated carbocycles. The van der Waals surface area contributed by atoms with Crippen molar-refractivity contribution in [3.63, 3.8) is 0 Å². The van der Waals surface area contributed by atoms with Crippen LogP contribution in [-0.2, 0) is 30.5 Å². The van der Waals surface area contributed by atoms with Gasteiger partial charge in [0.05, 0.1) is 27.4 Å². The van der Waals surface area contributed by atoms with Crippen molar-refractivity contribution in [2.75, 3.05) is 14.2 Å². The summed E-state index contributed by atoms with van der Waals surface area (Å²) in [7, 11) is 3.27. The number of ether oxygens (including phenoxy) is 2. The second-order valence-electron chi connectivity index (χ2n) is 9.65. The van der Waals surface area contributed by atoms with Crippen LogP contribution in [0, 0.1) is 0 Å². The van der Waals surface area contributed by atoms with Crippen LogP contribution in [0.3, 0.4) is 0 Å². The fourth-order valence-corrected chi connectivity index (χ4v) is 3.60. The average molecular weight is 401 g/mol. The molecule has 2 N–H and O–H groups in total. The van der Waals surface area contributed by atoms with Crippen molar-refractivity contribution in [3.05, 3.63) is 57.6 Å². The number of methoxy groups -OCH3 is 2. The van der Waals surface area contributed by atoms with E-state index in [1.165, 1.54) is 0 Å². The summed E-state index contributed by atoms with van der Waals surface area (Å²) in [5.41, 5.74) is 5.73. The largest absolute Gasteiger partial charge is 0.496 e. The van der Waals surface area contributed by atoms with Crippen molar-refractivity contribution in [2.24, 2.45) is 0 Å². The first-order valence-electron chi connectivity index (χ1n) is 10.1. The van der Waals surface area contributed by atoms with Crippen molar-refractivity contribution in [1.29, 1.82) is 0 Å². The first-order chi connectivity index (χ1) is 13.5. The molecule has 0 aliphatic heterocycles. The Kier molecular flexibility index (Phi) is 7.02. The zero-order chi connectivity index (χ0) is 22.0. The minimum Gasteiger partial charge on any atom is -0.496 e. The number of aliphatic hydroxyl groups is 2. The van der Waals surface area contributed by atoms with E-state index in [0.717, 1.165) is 33.4 Å². The number of rotatable bonds is 6. The van der Waals surface area contributed by atoms with Crippen LogP contribution in [0.2, 0.25) is 0 Å². The summed E-state index contributed by atoms with van der Waals surface area (Å²) >= 11 is 0. The quantitative estimate of drug-likeness (QED) is 0.726. The third kappa shape index (κ3) is 5.12. The Balaban J connectivity index is 2.72. The van der Waals surface area contributed by atoms with E-state index in [4.69, 9.17) is 9.47 Å². The highest BCUT2D eigenvalue weighted by Crippen LogP contribution is 2.37. The monoisotopic (exact) mass is 400 g/mol. The maximum atomic E-state index is 9.93. The van der Waals surface area contributed by atoms with Crippen LogP contribution in [0.15, 0.2) is 24.3 Å². The molecule has 160 valence electrons. The van der Waals surface area contributed by atoms with Gasteiger partial charge in [0.25, 0.3) is 0 Å². The molecule has 0 saturated heterocycles. The molecule has 0 atom stereocenters. The van der Waals surface area contributed by atoms with Crippen LogP contribution in [0.25, 0.3) is 0 Å². The predicted octanol–water partition coefficient (Wildman–Crippen LogP) is 4.87. The lowest BCUT2D eigenvalue weighted by Gasteiger charge is -2.25. The van der Waals surface area contributed by atoms with Crippen molar-refractivity contribution < 1.29 is 19.7 Å². The Bertz CT molecular complexity index is 783. The molecule has 2 aromatic carbocycles. The van der Waals surface area contributed by atoms with E-state index < -0.39 is 0 Å². The van der Waals surface area contributed by atoms with E-state index in [1.54, 1.807) is 14.2 Å². The Hall–Kier alpha value is -2.04. The van der Waals surface area contributed by atoms with E-state index in [2.05, 4.69) is 53.7 Å². The summed E-state index contributed by atoms with van der Waals surface area (Å²) in [6.07, 6.45) is 0.584. The Morgan fingerprint density at radius 1 is 0.621 bits per heavy atom. The molecule has 2 rings (SSSR count). The molecule has 0 unspecified atom stereocenters. The fourth-order valence-electron chi connectivity index (χ4n) is 3.60. The summed E-state index contributed by atoms with van der Waals surface area (Å²) in [5, 5.41) is 19.9. The molecular formula is C25H36O4. The zero-order valence-electron chi connectivity index (χ0n) is 19.1. The topological polar surface area (TPSA) is 58.9 Å². The summed E-state index contributed by atoms with van der Waals surface area (Å²) in [6.45, 7) is 12.8. The molecule has 0 aliphatic rings. The van der Waals surface area contributed by atoms with Crippen LogP contribution in [0.4, 0.5) is 0 Å². The SMILES string of the molecule is COc1c(CO)cc(C(C)(C)C)cc1Cc1cc(C(C)(C)C)cc(CO)c1OC. The number of aliphatic hydroxyl groups excluding tert-OH is 2. The molecule has 0 spiro atoms. The van der Waals surface area contributed by atoms with Gasteiger partial charge in [-0.1, -0.05) is 53.7 Å². The molecule has 0 bridgehead atoms. The normalized spacial score (nSPS) is 12.2. The second-order valence-corrected chi connectivity index (χ2v) is 9.65. The minimum absolute atomic E-state index is 0.0570. The van der Waals surface area contributed by atoms with Crippen LogP contribution in [0.5, 0.6) is 11.5 Å².